The van der Waals surface area contributed by atoms with E-state index in [0.29, 0.717) is 0 Å². The summed E-state index contributed by atoms with van der Waals surface area (Å²) in [6.07, 6.45) is 1.36. The predicted molar refractivity (Wildman–Crippen MR) is 77.8 cm³/mol. The molecular weight excluding hydrogens is 290 g/mol. The topological polar surface area (TPSA) is 103 Å². The fourth-order valence-corrected chi connectivity index (χ4v) is 1.53. The Bertz CT molecular complexity index is 584. The zero-order valence-corrected chi connectivity index (χ0v) is 13.6. The van der Waals surface area contributed by atoms with Gasteiger partial charge in [-0.3, -0.25) is 15.1 Å². The van der Waals surface area contributed by atoms with Crippen molar-refractivity contribution in [2.45, 2.75) is 40.2 Å². The zero-order chi connectivity index (χ0) is 16.9. The third kappa shape index (κ3) is 4.88. The molecule has 0 saturated carbocycles. The van der Waals surface area contributed by atoms with Gasteiger partial charge in [-0.25, -0.2) is 4.79 Å². The Hall–Kier alpha value is -2.35. The number of hydroxylamine groups is 1. The lowest BCUT2D eigenvalue weighted by atomic mass is 10.1. The highest BCUT2D eigenvalue weighted by Crippen LogP contribution is 2.17. The molecule has 8 nitrogen and oxygen atoms in total. The maximum Gasteiger partial charge on any atom is 0.349 e. The van der Waals surface area contributed by atoms with Crippen LogP contribution in [0.1, 0.15) is 54.3 Å². The normalized spacial score (nSPS) is 12.0. The predicted octanol–water partition coefficient (Wildman–Crippen LogP) is 1.68. The maximum absolute atomic E-state index is 12.2. The van der Waals surface area contributed by atoms with Crippen LogP contribution in [0.25, 0.3) is 0 Å². The minimum Gasteiger partial charge on any atom is -0.426 e. The van der Waals surface area contributed by atoms with Crippen molar-refractivity contribution in [3.05, 3.63) is 29.0 Å². The van der Waals surface area contributed by atoms with E-state index in [1.807, 2.05) is 20.8 Å². The molecule has 0 saturated heterocycles. The first-order chi connectivity index (χ1) is 10.2. The Morgan fingerprint density at radius 2 is 1.95 bits per heavy atom. The number of carbonyl (C=O) groups is 2. The molecule has 1 amide bonds. The lowest BCUT2D eigenvalue weighted by Gasteiger charge is -2.19. The molecule has 0 aromatic carbocycles. The summed E-state index contributed by atoms with van der Waals surface area (Å²) in [7, 11) is 1.42. The Balaban J connectivity index is 2.98. The van der Waals surface area contributed by atoms with Crippen LogP contribution in [0.15, 0.2) is 16.5 Å². The smallest absolute Gasteiger partial charge is 0.349 e. The van der Waals surface area contributed by atoms with E-state index in [-0.39, 0.29) is 22.8 Å². The van der Waals surface area contributed by atoms with Crippen molar-refractivity contribution in [2.24, 2.45) is 0 Å². The second-order valence-electron chi connectivity index (χ2n) is 5.64. The molecule has 0 bridgehead atoms. The van der Waals surface area contributed by atoms with Crippen LogP contribution in [-0.4, -0.2) is 29.7 Å². The van der Waals surface area contributed by atoms with Crippen molar-refractivity contribution < 1.29 is 23.7 Å². The summed E-state index contributed by atoms with van der Waals surface area (Å²) in [5, 5.41) is 6.37. The second kappa shape index (κ2) is 7.08. The first kappa shape index (κ1) is 17.7. The molecule has 122 valence electrons. The number of carbonyl (C=O) groups excluding carboxylic acids is 2. The van der Waals surface area contributed by atoms with Crippen LogP contribution in [0.5, 0.6) is 0 Å². The van der Waals surface area contributed by atoms with Crippen LogP contribution in [-0.2, 0) is 9.57 Å². The molecule has 1 rings (SSSR count). The van der Waals surface area contributed by atoms with Crippen molar-refractivity contribution in [1.82, 2.24) is 16.0 Å². The highest BCUT2D eigenvalue weighted by atomic mass is 16.6. The first-order valence-electron chi connectivity index (χ1n) is 6.62. The Labute approximate surface area is 128 Å². The van der Waals surface area contributed by atoms with Gasteiger partial charge in [-0.15, -0.1) is 0 Å². The summed E-state index contributed by atoms with van der Waals surface area (Å²) in [5.41, 5.74) is 2.22. The number of aromatic nitrogens is 1. The molecule has 22 heavy (non-hydrogen) atoms. The van der Waals surface area contributed by atoms with Crippen molar-refractivity contribution >= 4 is 11.9 Å². The summed E-state index contributed by atoms with van der Waals surface area (Å²) in [6.45, 7) is 8.56. The van der Waals surface area contributed by atoms with Gasteiger partial charge in [-0.05, 0) is 34.6 Å². The molecule has 2 N–H and O–H groups in total. The number of amides is 1. The van der Waals surface area contributed by atoms with Crippen LogP contribution in [0, 0.1) is 6.92 Å². The van der Waals surface area contributed by atoms with E-state index in [4.69, 9.17) is 9.26 Å². The number of ether oxygens (including phenoxy) is 1. The lowest BCUT2D eigenvalue weighted by molar-refractivity contribution is 0.0602. The van der Waals surface area contributed by atoms with Crippen molar-refractivity contribution in [3.8, 4) is 0 Å². The number of nitrogens with one attached hydrogen (secondary N) is 2. The molecule has 0 aliphatic carbocycles. The fourth-order valence-electron chi connectivity index (χ4n) is 1.53. The SMILES string of the molecule is CONC=C(C)OC(=O)c1c(C)noc1C(=O)NC(C)(C)C. The van der Waals surface area contributed by atoms with Gasteiger partial charge in [-0.2, -0.15) is 0 Å². The third-order valence-electron chi connectivity index (χ3n) is 2.40. The van der Waals surface area contributed by atoms with Gasteiger partial charge in [0.05, 0.1) is 19.0 Å². The Morgan fingerprint density at radius 1 is 1.32 bits per heavy atom. The molecule has 0 aliphatic heterocycles. The van der Waals surface area contributed by atoms with Gasteiger partial charge >= 0.3 is 5.97 Å². The first-order valence-corrected chi connectivity index (χ1v) is 6.62. The number of allylic oxidation sites excluding steroid dienone is 1. The Kier molecular flexibility index (Phi) is 5.69. The van der Waals surface area contributed by atoms with Gasteiger partial charge in [0.1, 0.15) is 11.3 Å². The average molecular weight is 311 g/mol. The Morgan fingerprint density at radius 3 is 2.50 bits per heavy atom. The van der Waals surface area contributed by atoms with E-state index in [9.17, 15) is 9.59 Å². The number of hydrogen-bond donors (Lipinski definition) is 2. The molecule has 0 unspecified atom stereocenters. The maximum atomic E-state index is 12.2. The van der Waals surface area contributed by atoms with Crippen LogP contribution in [0.3, 0.4) is 0 Å². The number of aryl methyl sites for hydroxylation is 1. The van der Waals surface area contributed by atoms with Crippen LogP contribution >= 0.6 is 0 Å². The molecule has 1 heterocycles. The molecule has 0 aliphatic rings. The summed E-state index contributed by atoms with van der Waals surface area (Å²) in [5.74, 6) is -1.18. The van der Waals surface area contributed by atoms with Gasteiger partial charge in [-0.1, -0.05) is 5.16 Å². The molecule has 0 atom stereocenters. The average Bonchev–Trinajstić information content (AvgIpc) is 2.76. The van der Waals surface area contributed by atoms with Crippen LogP contribution in [0.2, 0.25) is 0 Å². The highest BCUT2D eigenvalue weighted by Gasteiger charge is 2.29. The molecule has 0 radical (unpaired) electrons. The minimum atomic E-state index is -0.732. The molecule has 0 fully saturated rings. The molecular formula is C14H21N3O5. The molecule has 1 aromatic rings. The number of esters is 1. The van der Waals surface area contributed by atoms with E-state index < -0.39 is 17.4 Å². The van der Waals surface area contributed by atoms with Gasteiger partial charge < -0.3 is 14.6 Å². The minimum absolute atomic E-state index is 0.00748. The van der Waals surface area contributed by atoms with E-state index in [2.05, 4.69) is 20.8 Å². The zero-order valence-electron chi connectivity index (χ0n) is 13.6. The van der Waals surface area contributed by atoms with Gasteiger partial charge in [0.2, 0.25) is 5.76 Å². The largest absolute Gasteiger partial charge is 0.426 e. The van der Waals surface area contributed by atoms with Gasteiger partial charge in [0, 0.05) is 5.54 Å². The van der Waals surface area contributed by atoms with Crippen LogP contribution in [0.4, 0.5) is 0 Å². The van der Waals surface area contributed by atoms with E-state index in [1.165, 1.54) is 13.3 Å². The van der Waals surface area contributed by atoms with Crippen molar-refractivity contribution in [3.63, 3.8) is 0 Å². The summed E-state index contributed by atoms with van der Waals surface area (Å²) in [6, 6.07) is 0. The second-order valence-corrected chi connectivity index (χ2v) is 5.64. The molecule has 8 heteroatoms. The molecule has 1 aromatic heterocycles. The van der Waals surface area contributed by atoms with Crippen molar-refractivity contribution in [2.75, 3.05) is 7.11 Å². The van der Waals surface area contributed by atoms with Crippen molar-refractivity contribution in [1.29, 1.82) is 0 Å². The van der Waals surface area contributed by atoms with Gasteiger partial charge in [0.15, 0.2) is 0 Å². The summed E-state index contributed by atoms with van der Waals surface area (Å²) in [4.78, 5) is 28.9. The third-order valence-corrected chi connectivity index (χ3v) is 2.40. The highest BCUT2D eigenvalue weighted by molar-refractivity contribution is 6.04. The molecule has 0 spiro atoms. The van der Waals surface area contributed by atoms with E-state index in [1.54, 1.807) is 13.8 Å². The number of nitrogens with zero attached hydrogens (tertiary/aromatic N) is 1. The van der Waals surface area contributed by atoms with E-state index >= 15 is 0 Å². The lowest BCUT2D eigenvalue weighted by Crippen LogP contribution is -2.41. The quantitative estimate of drug-likeness (QED) is 0.484. The standard InChI is InChI=1S/C14H21N3O5/c1-8(7-15-20-6)21-13(19)10-9(2)17-22-11(10)12(18)16-14(3,4)5/h7,15H,1-6H3,(H,16,18). The number of hydrogen-bond acceptors (Lipinski definition) is 7. The number of rotatable bonds is 5. The monoisotopic (exact) mass is 311 g/mol. The summed E-state index contributed by atoms with van der Waals surface area (Å²) >= 11 is 0. The fraction of sp³-hybridized carbons (Fsp3) is 0.500. The van der Waals surface area contributed by atoms with Gasteiger partial charge in [0.25, 0.3) is 5.91 Å². The van der Waals surface area contributed by atoms with E-state index in [0.717, 1.165) is 0 Å². The van der Waals surface area contributed by atoms with Crippen LogP contribution < -0.4 is 10.8 Å². The summed E-state index contributed by atoms with van der Waals surface area (Å²) < 4.78 is 10.1.